The van der Waals surface area contributed by atoms with Gasteiger partial charge in [0.1, 0.15) is 17.6 Å². The molecule has 1 aromatic heterocycles. The molecule has 0 aliphatic heterocycles. The number of nitrogens with zero attached hydrogens (tertiary/aromatic N) is 2. The largest absolute Gasteiger partial charge is 0.455 e. The van der Waals surface area contributed by atoms with Gasteiger partial charge in [-0.3, -0.25) is 4.98 Å². The van der Waals surface area contributed by atoms with Crippen LogP contribution in [0, 0.1) is 11.3 Å². The maximum atomic E-state index is 13.8. The van der Waals surface area contributed by atoms with Crippen LogP contribution in [0.2, 0.25) is 0 Å². The number of aromatic nitrogens is 1. The summed E-state index contributed by atoms with van der Waals surface area (Å²) in [4.78, 5) is 3.64. The number of hydrogen-bond donors (Lipinski definition) is 1. The lowest BCUT2D eigenvalue weighted by atomic mass is 10.0. The van der Waals surface area contributed by atoms with E-state index in [9.17, 15) is 31.4 Å². The van der Waals surface area contributed by atoms with Crippen molar-refractivity contribution in [2.24, 2.45) is 0 Å². The van der Waals surface area contributed by atoms with Crippen LogP contribution >= 0.6 is 0 Å². The van der Waals surface area contributed by atoms with Crippen molar-refractivity contribution in [2.75, 3.05) is 0 Å². The van der Waals surface area contributed by atoms with Crippen LogP contribution in [0.4, 0.5) is 26.3 Å². The first-order valence-electron chi connectivity index (χ1n) is 7.03. The smallest absolute Gasteiger partial charge is 0.343 e. The lowest BCUT2D eigenvalue weighted by Gasteiger charge is -2.21. The quantitative estimate of drug-likeness (QED) is 0.806. The van der Waals surface area contributed by atoms with Gasteiger partial charge in [0.2, 0.25) is 0 Å². The third-order valence-corrected chi connectivity index (χ3v) is 3.91. The molecule has 0 saturated carbocycles. The van der Waals surface area contributed by atoms with Crippen molar-refractivity contribution in [3.05, 3.63) is 52.8 Å². The zero-order chi connectivity index (χ0) is 19.3. The van der Waals surface area contributed by atoms with Gasteiger partial charge < -0.3 is 9.84 Å². The molecule has 136 valence electrons. The van der Waals surface area contributed by atoms with Crippen LogP contribution in [0.1, 0.15) is 34.8 Å². The summed E-state index contributed by atoms with van der Waals surface area (Å²) in [6, 6.07) is 4.05. The Morgan fingerprint density at radius 2 is 1.88 bits per heavy atom. The molecule has 2 aromatic rings. The van der Waals surface area contributed by atoms with E-state index in [1.54, 1.807) is 6.07 Å². The number of hydrogen-bond acceptors (Lipinski definition) is 4. The monoisotopic (exact) mass is 374 g/mol. The van der Waals surface area contributed by atoms with E-state index in [1.165, 1.54) is 0 Å². The molecular weight excluding hydrogens is 366 g/mol. The number of ether oxygens (including phenoxy) is 1. The molecule has 1 aromatic carbocycles. The summed E-state index contributed by atoms with van der Waals surface area (Å²) in [5, 5.41) is 18.4. The number of fused-ring (bicyclic) bond motifs is 1. The molecule has 0 radical (unpaired) electrons. The Morgan fingerprint density at radius 1 is 1.19 bits per heavy atom. The van der Waals surface area contributed by atoms with Gasteiger partial charge in [-0.25, -0.2) is 8.78 Å². The number of benzene rings is 1. The number of aliphatic hydroxyl groups excluding tert-OH is 1. The zero-order valence-corrected chi connectivity index (χ0v) is 12.6. The summed E-state index contributed by atoms with van der Waals surface area (Å²) in [6.45, 7) is 0. The van der Waals surface area contributed by atoms with E-state index in [-0.39, 0.29) is 11.3 Å². The Morgan fingerprint density at radius 3 is 2.50 bits per heavy atom. The van der Waals surface area contributed by atoms with Crippen molar-refractivity contribution >= 4 is 0 Å². The molecular formula is C16H8F6N2O2. The van der Waals surface area contributed by atoms with E-state index in [4.69, 9.17) is 10.00 Å². The second-order valence-electron chi connectivity index (χ2n) is 5.46. The van der Waals surface area contributed by atoms with E-state index in [0.29, 0.717) is 12.1 Å². The summed E-state index contributed by atoms with van der Waals surface area (Å²) in [7, 11) is 0. The van der Waals surface area contributed by atoms with Crippen molar-refractivity contribution in [2.45, 2.75) is 24.4 Å². The van der Waals surface area contributed by atoms with E-state index in [2.05, 4.69) is 4.98 Å². The predicted molar refractivity (Wildman–Crippen MR) is 74.2 cm³/mol. The number of aliphatic hydroxyl groups is 1. The first kappa shape index (κ1) is 18.0. The number of rotatable bonds is 3. The van der Waals surface area contributed by atoms with Crippen molar-refractivity contribution in [1.29, 1.82) is 5.26 Å². The molecule has 0 fully saturated rings. The Kier molecular flexibility index (Phi) is 4.07. The molecule has 1 N–H and O–H groups in total. The standard InChI is InChI=1S/C16H8F6N2O2/c17-14(18)12-10(26-8-3-7(4-23)5-24-6-8)2-1-9-11(12)13(25)16(21,22)15(9,19)20/h1-3,5-6,13-14,25H. The Labute approximate surface area is 142 Å². The van der Waals surface area contributed by atoms with E-state index in [1.807, 2.05) is 0 Å². The van der Waals surface area contributed by atoms with Gasteiger partial charge >= 0.3 is 11.8 Å². The first-order chi connectivity index (χ1) is 12.1. The lowest BCUT2D eigenvalue weighted by Crippen LogP contribution is -2.36. The fourth-order valence-corrected chi connectivity index (χ4v) is 2.69. The molecule has 4 nitrogen and oxygen atoms in total. The first-order valence-corrected chi connectivity index (χ1v) is 7.03. The summed E-state index contributed by atoms with van der Waals surface area (Å²) >= 11 is 0. The van der Waals surface area contributed by atoms with E-state index in [0.717, 1.165) is 18.5 Å². The Hall–Kier alpha value is -2.80. The molecule has 26 heavy (non-hydrogen) atoms. The van der Waals surface area contributed by atoms with E-state index >= 15 is 0 Å². The highest BCUT2D eigenvalue weighted by Crippen LogP contribution is 2.60. The molecule has 0 spiro atoms. The molecule has 1 aliphatic rings. The van der Waals surface area contributed by atoms with Crippen molar-refractivity contribution in [3.63, 3.8) is 0 Å². The summed E-state index contributed by atoms with van der Waals surface area (Å²) in [5.41, 5.74) is -3.90. The fourth-order valence-electron chi connectivity index (χ4n) is 2.69. The van der Waals surface area contributed by atoms with Crippen molar-refractivity contribution < 1.29 is 36.2 Å². The van der Waals surface area contributed by atoms with Gasteiger partial charge in [-0.15, -0.1) is 0 Å². The van der Waals surface area contributed by atoms with Gasteiger partial charge in [0.25, 0.3) is 6.43 Å². The Bertz CT molecular complexity index is 910. The van der Waals surface area contributed by atoms with E-state index < -0.39 is 46.8 Å². The lowest BCUT2D eigenvalue weighted by molar-refractivity contribution is -0.246. The van der Waals surface area contributed by atoms with Crippen LogP contribution < -0.4 is 4.74 Å². The molecule has 0 bridgehead atoms. The third-order valence-electron chi connectivity index (χ3n) is 3.91. The Balaban J connectivity index is 2.16. The minimum absolute atomic E-state index is 0.0281. The molecule has 3 rings (SSSR count). The number of nitriles is 1. The van der Waals surface area contributed by atoms with Crippen molar-refractivity contribution in [3.8, 4) is 17.6 Å². The molecule has 0 saturated heterocycles. The van der Waals surface area contributed by atoms with Crippen LogP contribution in [0.5, 0.6) is 11.5 Å². The topological polar surface area (TPSA) is 66.1 Å². The fraction of sp³-hybridized carbons (Fsp3) is 0.250. The SMILES string of the molecule is N#Cc1cncc(Oc2ccc3c(c2C(F)F)C(O)C(F)(F)C3(F)F)c1. The van der Waals surface area contributed by atoms with Gasteiger partial charge in [0, 0.05) is 23.4 Å². The maximum absolute atomic E-state index is 13.8. The normalized spacial score (nSPS) is 19.9. The predicted octanol–water partition coefficient (Wildman–Crippen LogP) is 4.46. The van der Waals surface area contributed by atoms with Gasteiger partial charge in [0.15, 0.2) is 6.10 Å². The second kappa shape index (κ2) is 5.88. The van der Waals surface area contributed by atoms with Gasteiger partial charge in [0.05, 0.1) is 17.3 Å². The van der Waals surface area contributed by atoms with Crippen molar-refractivity contribution in [1.82, 2.24) is 4.98 Å². The minimum atomic E-state index is -4.94. The molecule has 1 unspecified atom stereocenters. The summed E-state index contributed by atoms with van der Waals surface area (Å²) < 4.78 is 87.1. The minimum Gasteiger partial charge on any atom is -0.455 e. The van der Waals surface area contributed by atoms with Gasteiger partial charge in [-0.05, 0) is 12.1 Å². The van der Waals surface area contributed by atoms with Crippen LogP contribution in [-0.4, -0.2) is 16.0 Å². The van der Waals surface area contributed by atoms with Crippen LogP contribution in [0.3, 0.4) is 0 Å². The van der Waals surface area contributed by atoms with Gasteiger partial charge in [-0.1, -0.05) is 0 Å². The number of alkyl halides is 6. The van der Waals surface area contributed by atoms with Gasteiger partial charge in [-0.2, -0.15) is 22.8 Å². The highest BCUT2D eigenvalue weighted by Gasteiger charge is 2.69. The summed E-state index contributed by atoms with van der Waals surface area (Å²) in [5.74, 6) is -10.6. The number of pyridine rings is 1. The molecule has 1 atom stereocenters. The highest BCUT2D eigenvalue weighted by atomic mass is 19.3. The van der Waals surface area contributed by atoms with Crippen LogP contribution in [0.15, 0.2) is 30.6 Å². The zero-order valence-electron chi connectivity index (χ0n) is 12.6. The third kappa shape index (κ3) is 2.47. The molecule has 1 aliphatic carbocycles. The van der Waals surface area contributed by atoms with Crippen LogP contribution in [-0.2, 0) is 5.92 Å². The number of halogens is 6. The average molecular weight is 374 g/mol. The average Bonchev–Trinajstić information content (AvgIpc) is 2.72. The molecule has 0 amide bonds. The second-order valence-corrected chi connectivity index (χ2v) is 5.46. The van der Waals surface area contributed by atoms with Crippen LogP contribution in [0.25, 0.3) is 0 Å². The molecule has 10 heteroatoms. The molecule has 1 heterocycles. The highest BCUT2D eigenvalue weighted by molar-refractivity contribution is 5.54. The summed E-state index contributed by atoms with van der Waals surface area (Å²) in [6.07, 6.45) is -4.38. The maximum Gasteiger partial charge on any atom is 0.343 e.